The molecule has 14 heavy (non-hydrogen) atoms. The van der Waals surface area contributed by atoms with E-state index in [9.17, 15) is 15.0 Å². The van der Waals surface area contributed by atoms with Crippen LogP contribution in [-0.4, -0.2) is 16.1 Å². The highest BCUT2D eigenvalue weighted by Crippen LogP contribution is 2.41. The van der Waals surface area contributed by atoms with Gasteiger partial charge in [-0.3, -0.25) is 4.79 Å². The van der Waals surface area contributed by atoms with E-state index in [0.29, 0.717) is 11.3 Å². The standard InChI is InChI=1S/C9H10NO3P/c11-5-1-2-6-7(3-5)10-8(12)4-9(6,13)14/h1-3,11,13H,4,14H2,(H,10,12). The molecule has 1 aliphatic heterocycles. The van der Waals surface area contributed by atoms with Gasteiger partial charge in [-0.05, 0) is 6.07 Å². The Balaban J connectivity index is 2.57. The second-order valence-electron chi connectivity index (χ2n) is 3.38. The van der Waals surface area contributed by atoms with Gasteiger partial charge in [0.05, 0.1) is 12.1 Å². The van der Waals surface area contributed by atoms with Gasteiger partial charge in [0.2, 0.25) is 5.91 Å². The van der Waals surface area contributed by atoms with Gasteiger partial charge >= 0.3 is 0 Å². The summed E-state index contributed by atoms with van der Waals surface area (Å²) < 4.78 is 0. The molecule has 0 fully saturated rings. The number of phenolic OH excluding ortho intramolecular Hbond substituents is 1. The Morgan fingerprint density at radius 1 is 1.50 bits per heavy atom. The number of aromatic hydroxyl groups is 1. The molecule has 0 saturated carbocycles. The lowest BCUT2D eigenvalue weighted by molar-refractivity contribution is -0.119. The molecular formula is C9H10NO3P. The number of carbonyl (C=O) groups excluding carboxylic acids is 1. The number of aliphatic hydroxyl groups is 1. The van der Waals surface area contributed by atoms with Crippen LogP contribution in [0.3, 0.4) is 0 Å². The summed E-state index contributed by atoms with van der Waals surface area (Å²) in [6.07, 6.45) is 0.00937. The summed E-state index contributed by atoms with van der Waals surface area (Å²) in [7, 11) is 2.24. The number of nitrogens with one attached hydrogen (secondary N) is 1. The fraction of sp³-hybridized carbons (Fsp3) is 0.222. The third kappa shape index (κ3) is 1.47. The molecule has 0 saturated heterocycles. The van der Waals surface area contributed by atoms with Crippen molar-refractivity contribution in [2.75, 3.05) is 5.32 Å². The number of hydrogen-bond donors (Lipinski definition) is 3. The summed E-state index contributed by atoms with van der Waals surface area (Å²) in [6.45, 7) is 0. The maximum Gasteiger partial charge on any atom is 0.228 e. The number of fused-ring (bicyclic) bond motifs is 1. The highest BCUT2D eigenvalue weighted by atomic mass is 31.0. The van der Waals surface area contributed by atoms with Gasteiger partial charge in [-0.15, -0.1) is 0 Å². The number of amides is 1. The highest BCUT2D eigenvalue weighted by Gasteiger charge is 2.34. The van der Waals surface area contributed by atoms with Crippen molar-refractivity contribution in [1.29, 1.82) is 0 Å². The Morgan fingerprint density at radius 3 is 2.93 bits per heavy atom. The molecule has 4 nitrogen and oxygen atoms in total. The average molecular weight is 211 g/mol. The molecule has 1 heterocycles. The Labute approximate surface area is 83.2 Å². The van der Waals surface area contributed by atoms with E-state index in [1.807, 2.05) is 0 Å². The normalized spacial score (nSPS) is 25.4. The van der Waals surface area contributed by atoms with Crippen LogP contribution in [0.4, 0.5) is 5.69 Å². The van der Waals surface area contributed by atoms with Crippen LogP contribution in [-0.2, 0) is 10.1 Å². The number of benzene rings is 1. The molecule has 1 aromatic rings. The lowest BCUT2D eigenvalue weighted by Gasteiger charge is -2.30. The van der Waals surface area contributed by atoms with Gasteiger partial charge in [0.25, 0.3) is 0 Å². The molecule has 0 spiro atoms. The van der Waals surface area contributed by atoms with Crippen molar-refractivity contribution >= 4 is 20.8 Å². The SMILES string of the molecule is O=C1CC(O)(P)c2ccc(O)cc2N1. The monoisotopic (exact) mass is 211 g/mol. The Bertz CT molecular complexity index is 403. The predicted molar refractivity (Wildman–Crippen MR) is 55.0 cm³/mol. The first kappa shape index (κ1) is 9.44. The second-order valence-corrected chi connectivity index (χ2v) is 4.33. The van der Waals surface area contributed by atoms with Gasteiger partial charge in [-0.1, -0.05) is 15.3 Å². The van der Waals surface area contributed by atoms with E-state index in [0.717, 1.165) is 0 Å². The van der Waals surface area contributed by atoms with Gasteiger partial charge in [-0.25, -0.2) is 0 Å². The molecule has 0 bridgehead atoms. The van der Waals surface area contributed by atoms with Crippen LogP contribution in [0.15, 0.2) is 18.2 Å². The van der Waals surface area contributed by atoms with E-state index in [1.54, 1.807) is 6.07 Å². The third-order valence-electron chi connectivity index (χ3n) is 2.17. The molecule has 1 aliphatic rings. The highest BCUT2D eigenvalue weighted by molar-refractivity contribution is 7.18. The van der Waals surface area contributed by atoms with Gasteiger partial charge in [0, 0.05) is 11.6 Å². The fourth-order valence-electron chi connectivity index (χ4n) is 1.55. The molecule has 0 aliphatic carbocycles. The Kier molecular flexibility index (Phi) is 1.98. The van der Waals surface area contributed by atoms with Crippen molar-refractivity contribution in [2.24, 2.45) is 0 Å². The van der Waals surface area contributed by atoms with Crippen LogP contribution in [0, 0.1) is 0 Å². The van der Waals surface area contributed by atoms with Crippen LogP contribution in [0.1, 0.15) is 12.0 Å². The molecule has 74 valence electrons. The molecule has 5 heteroatoms. The van der Waals surface area contributed by atoms with Crippen LogP contribution in [0.25, 0.3) is 0 Å². The summed E-state index contributed by atoms with van der Waals surface area (Å²) in [5.41, 5.74) is 1.05. The van der Waals surface area contributed by atoms with Crippen LogP contribution in [0.2, 0.25) is 0 Å². The maximum atomic E-state index is 11.2. The number of hydrogen-bond acceptors (Lipinski definition) is 3. The molecule has 1 aromatic carbocycles. The molecule has 3 N–H and O–H groups in total. The van der Waals surface area contributed by atoms with Crippen molar-refractivity contribution in [1.82, 2.24) is 0 Å². The summed E-state index contributed by atoms with van der Waals surface area (Å²) in [4.78, 5) is 11.2. The van der Waals surface area contributed by atoms with E-state index in [4.69, 9.17) is 0 Å². The largest absolute Gasteiger partial charge is 0.508 e. The zero-order valence-corrected chi connectivity index (χ0v) is 8.47. The van der Waals surface area contributed by atoms with Crippen molar-refractivity contribution in [3.63, 3.8) is 0 Å². The molecule has 2 unspecified atom stereocenters. The number of rotatable bonds is 0. The minimum absolute atomic E-state index is 0.00937. The van der Waals surface area contributed by atoms with E-state index in [1.165, 1.54) is 12.1 Å². The molecule has 0 radical (unpaired) electrons. The van der Waals surface area contributed by atoms with Gasteiger partial charge in [-0.2, -0.15) is 0 Å². The van der Waals surface area contributed by atoms with E-state index < -0.39 is 5.34 Å². The number of anilines is 1. The summed E-state index contributed by atoms with van der Waals surface area (Å²) >= 11 is 0. The zero-order chi connectivity index (χ0) is 10.3. The first-order chi connectivity index (χ1) is 6.49. The fourth-order valence-corrected chi connectivity index (χ4v) is 1.98. The minimum Gasteiger partial charge on any atom is -0.508 e. The van der Waals surface area contributed by atoms with E-state index >= 15 is 0 Å². The van der Waals surface area contributed by atoms with Gasteiger partial charge < -0.3 is 15.5 Å². The van der Waals surface area contributed by atoms with E-state index in [-0.39, 0.29) is 18.1 Å². The summed E-state index contributed by atoms with van der Waals surface area (Å²) in [5.74, 6) is -0.202. The third-order valence-corrected chi connectivity index (χ3v) is 2.69. The smallest absolute Gasteiger partial charge is 0.228 e. The number of phenols is 1. The first-order valence-corrected chi connectivity index (χ1v) is 4.71. The Hall–Kier alpha value is -1.12. The van der Waals surface area contributed by atoms with Crippen LogP contribution in [0.5, 0.6) is 5.75 Å². The van der Waals surface area contributed by atoms with Gasteiger partial charge in [0.1, 0.15) is 11.1 Å². The molecule has 2 atom stereocenters. The van der Waals surface area contributed by atoms with Crippen LogP contribution >= 0.6 is 9.24 Å². The van der Waals surface area contributed by atoms with Crippen molar-refractivity contribution in [2.45, 2.75) is 11.8 Å². The minimum atomic E-state index is -1.23. The van der Waals surface area contributed by atoms with Gasteiger partial charge in [0.15, 0.2) is 0 Å². The van der Waals surface area contributed by atoms with Crippen LogP contribution < -0.4 is 5.32 Å². The summed E-state index contributed by atoms with van der Waals surface area (Å²) in [6, 6.07) is 4.49. The van der Waals surface area contributed by atoms with Crippen molar-refractivity contribution < 1.29 is 15.0 Å². The van der Waals surface area contributed by atoms with Crippen molar-refractivity contribution in [3.05, 3.63) is 23.8 Å². The van der Waals surface area contributed by atoms with Crippen molar-refractivity contribution in [3.8, 4) is 5.75 Å². The van der Waals surface area contributed by atoms with E-state index in [2.05, 4.69) is 14.6 Å². The average Bonchev–Trinajstić information content (AvgIpc) is 2.00. The Morgan fingerprint density at radius 2 is 2.21 bits per heavy atom. The second kappa shape index (κ2) is 2.94. The quantitative estimate of drug-likeness (QED) is 0.555. The zero-order valence-electron chi connectivity index (χ0n) is 7.32. The lowest BCUT2D eigenvalue weighted by Crippen LogP contribution is -2.32. The maximum absolute atomic E-state index is 11.2. The molecule has 0 aromatic heterocycles. The predicted octanol–water partition coefficient (Wildman–Crippen LogP) is 0.755. The number of carbonyl (C=O) groups is 1. The molecule has 1 amide bonds. The first-order valence-electron chi connectivity index (χ1n) is 4.14. The molecular weight excluding hydrogens is 201 g/mol. The molecule has 2 rings (SSSR count). The lowest BCUT2D eigenvalue weighted by atomic mass is 9.99. The summed E-state index contributed by atoms with van der Waals surface area (Å²) in [5, 5.41) is 20.5. The topological polar surface area (TPSA) is 69.6 Å².